The topological polar surface area (TPSA) is 131 Å². The average Bonchev–Trinajstić information content (AvgIpc) is 2.60. The molecule has 2 aromatic rings. The molecule has 1 aliphatic heterocycles. The van der Waals surface area contributed by atoms with Crippen LogP contribution < -0.4 is 15.8 Å². The number of nitrogens with two attached hydrogens (primary N) is 1. The van der Waals surface area contributed by atoms with Crippen molar-refractivity contribution in [3.8, 4) is 11.8 Å². The standard InChI is InChI=1S/C16H13N5O3S/c1-8(25-16-19-6-10(5-17)15(18)21-16)14(23)9-2-3-12-11(4-9)20-13(22)7-24-12/h2-4,6,8H,7H2,1H3,(H,20,22)(H2,18,19,21). The second-order valence-electron chi connectivity index (χ2n) is 5.24. The van der Waals surface area contributed by atoms with Crippen LogP contribution in [0.4, 0.5) is 11.5 Å². The summed E-state index contributed by atoms with van der Waals surface area (Å²) in [7, 11) is 0. The number of hydrogen-bond donors (Lipinski definition) is 2. The number of thioether (sulfide) groups is 1. The van der Waals surface area contributed by atoms with E-state index >= 15 is 0 Å². The highest BCUT2D eigenvalue weighted by molar-refractivity contribution is 8.00. The van der Waals surface area contributed by atoms with Crippen molar-refractivity contribution in [1.82, 2.24) is 9.97 Å². The fourth-order valence-electron chi connectivity index (χ4n) is 2.20. The first kappa shape index (κ1) is 16.7. The molecule has 1 aromatic heterocycles. The minimum absolute atomic E-state index is 0.0377. The molecule has 0 aliphatic carbocycles. The highest BCUT2D eigenvalue weighted by atomic mass is 32.2. The molecule has 1 amide bonds. The first-order valence-corrected chi connectivity index (χ1v) is 8.16. The van der Waals surface area contributed by atoms with Crippen LogP contribution in [0.25, 0.3) is 0 Å². The molecule has 0 saturated carbocycles. The summed E-state index contributed by atoms with van der Waals surface area (Å²) in [6.07, 6.45) is 1.33. The molecule has 3 rings (SSSR count). The molecule has 1 aromatic carbocycles. The van der Waals surface area contributed by atoms with Gasteiger partial charge in [-0.3, -0.25) is 9.59 Å². The number of aromatic nitrogens is 2. The number of fused-ring (bicyclic) bond motifs is 1. The summed E-state index contributed by atoms with van der Waals surface area (Å²) < 4.78 is 5.27. The Morgan fingerprint density at radius 3 is 3.04 bits per heavy atom. The number of ketones is 1. The summed E-state index contributed by atoms with van der Waals surface area (Å²) in [6, 6.07) is 6.76. The lowest BCUT2D eigenvalue weighted by molar-refractivity contribution is -0.118. The van der Waals surface area contributed by atoms with Crippen molar-refractivity contribution >= 4 is 35.0 Å². The number of nitrogens with zero attached hydrogens (tertiary/aromatic N) is 3. The molecule has 0 fully saturated rings. The second-order valence-corrected chi connectivity index (χ2v) is 6.54. The van der Waals surface area contributed by atoms with Crippen molar-refractivity contribution in [2.24, 2.45) is 0 Å². The highest BCUT2D eigenvalue weighted by Crippen LogP contribution is 2.30. The zero-order valence-electron chi connectivity index (χ0n) is 13.1. The SMILES string of the molecule is CC(Sc1ncc(C#N)c(N)n1)C(=O)c1ccc2c(c1)NC(=O)CO2. The molecule has 8 nitrogen and oxygen atoms in total. The van der Waals surface area contributed by atoms with E-state index in [9.17, 15) is 9.59 Å². The van der Waals surface area contributed by atoms with Crippen molar-refractivity contribution in [1.29, 1.82) is 5.26 Å². The number of benzene rings is 1. The van der Waals surface area contributed by atoms with Gasteiger partial charge in [0.2, 0.25) is 0 Å². The maximum atomic E-state index is 12.6. The van der Waals surface area contributed by atoms with Gasteiger partial charge in [0, 0.05) is 5.56 Å². The summed E-state index contributed by atoms with van der Waals surface area (Å²) in [5, 5.41) is 11.3. The van der Waals surface area contributed by atoms with Gasteiger partial charge in [-0.05, 0) is 25.1 Å². The molecule has 3 N–H and O–H groups in total. The first-order valence-electron chi connectivity index (χ1n) is 7.28. The Hall–Kier alpha value is -3.12. The number of amides is 1. The Bertz CT molecular complexity index is 909. The van der Waals surface area contributed by atoms with Crippen LogP contribution in [0.15, 0.2) is 29.6 Å². The number of nitrogens with one attached hydrogen (secondary N) is 1. The van der Waals surface area contributed by atoms with E-state index in [4.69, 9.17) is 15.7 Å². The van der Waals surface area contributed by atoms with Crippen molar-refractivity contribution in [2.75, 3.05) is 17.7 Å². The maximum absolute atomic E-state index is 12.6. The number of carbonyl (C=O) groups excluding carboxylic acids is 2. The van der Waals surface area contributed by atoms with Gasteiger partial charge >= 0.3 is 0 Å². The molecular formula is C16H13N5O3S. The third-order valence-electron chi connectivity index (χ3n) is 3.46. The average molecular weight is 355 g/mol. The number of nitriles is 1. The van der Waals surface area contributed by atoms with E-state index < -0.39 is 5.25 Å². The van der Waals surface area contributed by atoms with E-state index in [2.05, 4.69) is 15.3 Å². The number of Topliss-reactive ketones (excluding diaryl/α,β-unsaturated/α-hetero) is 1. The quantitative estimate of drug-likeness (QED) is 0.480. The minimum Gasteiger partial charge on any atom is -0.482 e. The predicted octanol–water partition coefficient (Wildman–Crippen LogP) is 1.62. The van der Waals surface area contributed by atoms with E-state index in [0.29, 0.717) is 22.2 Å². The van der Waals surface area contributed by atoms with Crippen molar-refractivity contribution in [2.45, 2.75) is 17.3 Å². The fourth-order valence-corrected chi connectivity index (χ4v) is 3.03. The maximum Gasteiger partial charge on any atom is 0.262 e. The Balaban J connectivity index is 1.76. The first-order chi connectivity index (χ1) is 12.0. The van der Waals surface area contributed by atoms with Crippen LogP contribution in [0, 0.1) is 11.3 Å². The van der Waals surface area contributed by atoms with Crippen LogP contribution in [0.2, 0.25) is 0 Å². The number of anilines is 2. The molecule has 126 valence electrons. The molecule has 25 heavy (non-hydrogen) atoms. The largest absolute Gasteiger partial charge is 0.482 e. The third kappa shape index (κ3) is 3.54. The van der Waals surface area contributed by atoms with Gasteiger partial charge in [0.15, 0.2) is 17.5 Å². The van der Waals surface area contributed by atoms with Gasteiger partial charge < -0.3 is 15.8 Å². The van der Waals surface area contributed by atoms with Crippen LogP contribution in [0.1, 0.15) is 22.8 Å². The molecule has 0 saturated heterocycles. The van der Waals surface area contributed by atoms with Gasteiger partial charge in [0.05, 0.1) is 17.1 Å². The summed E-state index contributed by atoms with van der Waals surface area (Å²) in [5.74, 6) is 0.188. The van der Waals surface area contributed by atoms with Gasteiger partial charge in [0.25, 0.3) is 5.91 Å². The number of rotatable bonds is 4. The lowest BCUT2D eigenvalue weighted by Gasteiger charge is -2.18. The van der Waals surface area contributed by atoms with Gasteiger partial charge in [-0.2, -0.15) is 5.26 Å². The van der Waals surface area contributed by atoms with E-state index in [1.54, 1.807) is 25.1 Å². The molecule has 9 heteroatoms. The lowest BCUT2D eigenvalue weighted by atomic mass is 10.1. The van der Waals surface area contributed by atoms with Crippen molar-refractivity contribution < 1.29 is 14.3 Å². The molecule has 1 aliphatic rings. The molecule has 1 atom stereocenters. The van der Waals surface area contributed by atoms with Gasteiger partial charge in [-0.25, -0.2) is 9.97 Å². The normalized spacial score (nSPS) is 13.8. The van der Waals surface area contributed by atoms with Crippen molar-refractivity contribution in [3.05, 3.63) is 35.5 Å². The second kappa shape index (κ2) is 6.78. The summed E-state index contributed by atoms with van der Waals surface area (Å²) >= 11 is 1.14. The number of carbonyl (C=O) groups is 2. The Morgan fingerprint density at radius 2 is 2.32 bits per heavy atom. The van der Waals surface area contributed by atoms with E-state index in [-0.39, 0.29) is 29.7 Å². The van der Waals surface area contributed by atoms with E-state index in [1.165, 1.54) is 6.20 Å². The molecule has 0 spiro atoms. The zero-order chi connectivity index (χ0) is 18.0. The van der Waals surface area contributed by atoms with E-state index in [1.807, 2.05) is 6.07 Å². The summed E-state index contributed by atoms with van der Waals surface area (Å²) in [4.78, 5) is 32.0. The van der Waals surface area contributed by atoms with Crippen molar-refractivity contribution in [3.63, 3.8) is 0 Å². The van der Waals surface area contributed by atoms with Gasteiger partial charge in [0.1, 0.15) is 23.2 Å². The molecule has 2 heterocycles. The number of nitrogen functional groups attached to an aromatic ring is 1. The van der Waals surface area contributed by atoms with Crippen LogP contribution in [0.3, 0.4) is 0 Å². The monoisotopic (exact) mass is 355 g/mol. The summed E-state index contributed by atoms with van der Waals surface area (Å²) in [5.41, 5.74) is 6.75. The predicted molar refractivity (Wildman–Crippen MR) is 91.4 cm³/mol. The fraction of sp³-hybridized carbons (Fsp3) is 0.188. The zero-order valence-corrected chi connectivity index (χ0v) is 14.0. The van der Waals surface area contributed by atoms with Crippen LogP contribution >= 0.6 is 11.8 Å². The Morgan fingerprint density at radius 1 is 1.52 bits per heavy atom. The van der Waals surface area contributed by atoms with Crippen LogP contribution in [0.5, 0.6) is 5.75 Å². The highest BCUT2D eigenvalue weighted by Gasteiger charge is 2.22. The molecule has 0 bridgehead atoms. The van der Waals surface area contributed by atoms with E-state index in [0.717, 1.165) is 11.8 Å². The van der Waals surface area contributed by atoms with Gasteiger partial charge in [-0.15, -0.1) is 0 Å². The lowest BCUT2D eigenvalue weighted by Crippen LogP contribution is -2.25. The molecule has 1 unspecified atom stereocenters. The van der Waals surface area contributed by atoms with Crippen LogP contribution in [-0.2, 0) is 4.79 Å². The molecule has 0 radical (unpaired) electrons. The summed E-state index contributed by atoms with van der Waals surface area (Å²) in [6.45, 7) is 1.68. The molecular weight excluding hydrogens is 342 g/mol. The third-order valence-corrected chi connectivity index (χ3v) is 4.44. The number of hydrogen-bond acceptors (Lipinski definition) is 8. The minimum atomic E-state index is -0.481. The van der Waals surface area contributed by atoms with Gasteiger partial charge in [-0.1, -0.05) is 11.8 Å². The number of ether oxygens (including phenoxy) is 1. The smallest absolute Gasteiger partial charge is 0.262 e. The van der Waals surface area contributed by atoms with Crippen LogP contribution in [-0.4, -0.2) is 33.5 Å². The Kier molecular flexibility index (Phi) is 4.54. The Labute approximate surface area is 147 Å².